The zero-order valence-electron chi connectivity index (χ0n) is 18.1. The Morgan fingerprint density at radius 1 is 0.938 bits per heavy atom. The summed E-state index contributed by atoms with van der Waals surface area (Å²) in [7, 11) is 0. The highest BCUT2D eigenvalue weighted by Crippen LogP contribution is 2.28. The summed E-state index contributed by atoms with van der Waals surface area (Å²) < 4.78 is 26.6. The van der Waals surface area contributed by atoms with Gasteiger partial charge in [0.05, 0.1) is 17.7 Å². The van der Waals surface area contributed by atoms with Gasteiger partial charge in [-0.1, -0.05) is 12.1 Å². The molecule has 1 amide bonds. The van der Waals surface area contributed by atoms with Gasteiger partial charge in [0.2, 0.25) is 12.2 Å². The van der Waals surface area contributed by atoms with Gasteiger partial charge in [-0.25, -0.2) is 4.79 Å². The molecule has 0 aromatic heterocycles. The SMILES string of the molecule is CC(=O)Nc1ccccc1C(=O)O[C@H]1C[C@@H](OC(C)=O)[C@H](OC(C)=O)[C@@H](COC(C)=O)O1. The van der Waals surface area contributed by atoms with E-state index in [1.54, 1.807) is 12.1 Å². The number of hydrogen-bond acceptors (Lipinski definition) is 10. The van der Waals surface area contributed by atoms with Crippen LogP contribution in [-0.4, -0.2) is 61.0 Å². The van der Waals surface area contributed by atoms with Crippen molar-refractivity contribution in [3.63, 3.8) is 0 Å². The minimum Gasteiger partial charge on any atom is -0.463 e. The monoisotopic (exact) mass is 451 g/mol. The van der Waals surface area contributed by atoms with Crippen molar-refractivity contribution < 1.29 is 47.7 Å². The van der Waals surface area contributed by atoms with Crippen LogP contribution in [0.15, 0.2) is 24.3 Å². The lowest BCUT2D eigenvalue weighted by atomic mass is 10.0. The maximum atomic E-state index is 12.7. The first-order chi connectivity index (χ1) is 15.1. The molecular formula is C21H25NO10. The highest BCUT2D eigenvalue weighted by atomic mass is 16.7. The molecule has 4 atom stereocenters. The number of carbonyl (C=O) groups is 5. The third-order valence-electron chi connectivity index (χ3n) is 4.25. The number of hydrogen-bond donors (Lipinski definition) is 1. The topological polar surface area (TPSA) is 144 Å². The zero-order chi connectivity index (χ0) is 23.8. The largest absolute Gasteiger partial charge is 0.463 e. The van der Waals surface area contributed by atoms with E-state index in [2.05, 4.69) is 5.32 Å². The first-order valence-corrected chi connectivity index (χ1v) is 9.77. The summed E-state index contributed by atoms with van der Waals surface area (Å²) in [5, 5.41) is 2.53. The Kier molecular flexibility index (Phi) is 8.71. The fraction of sp³-hybridized carbons (Fsp3) is 0.476. The van der Waals surface area contributed by atoms with Crippen LogP contribution in [0.3, 0.4) is 0 Å². The highest BCUT2D eigenvalue weighted by Gasteiger charge is 2.45. The van der Waals surface area contributed by atoms with Crippen LogP contribution in [0.5, 0.6) is 0 Å². The van der Waals surface area contributed by atoms with Crippen LogP contribution in [0.4, 0.5) is 5.69 Å². The van der Waals surface area contributed by atoms with Gasteiger partial charge >= 0.3 is 23.9 Å². The van der Waals surface area contributed by atoms with Gasteiger partial charge in [0.1, 0.15) is 18.8 Å². The molecule has 1 aromatic carbocycles. The Labute approximate surface area is 184 Å². The van der Waals surface area contributed by atoms with Gasteiger partial charge in [-0.15, -0.1) is 0 Å². The quantitative estimate of drug-likeness (QED) is 0.476. The summed E-state index contributed by atoms with van der Waals surface area (Å²) in [6.07, 6.45) is -4.53. The van der Waals surface area contributed by atoms with E-state index in [0.717, 1.165) is 0 Å². The third kappa shape index (κ3) is 7.34. The average Bonchev–Trinajstić information content (AvgIpc) is 2.67. The molecule has 1 N–H and O–H groups in total. The van der Waals surface area contributed by atoms with Crippen molar-refractivity contribution in [2.24, 2.45) is 0 Å². The molecule has 0 bridgehead atoms. The van der Waals surface area contributed by atoms with E-state index < -0.39 is 48.5 Å². The molecule has 174 valence electrons. The van der Waals surface area contributed by atoms with Crippen LogP contribution in [0, 0.1) is 0 Å². The van der Waals surface area contributed by atoms with Gasteiger partial charge in [0, 0.05) is 27.7 Å². The Morgan fingerprint density at radius 3 is 2.19 bits per heavy atom. The fourth-order valence-corrected chi connectivity index (χ4v) is 3.12. The Hall–Kier alpha value is -3.47. The van der Waals surface area contributed by atoms with Crippen molar-refractivity contribution >= 4 is 35.5 Å². The summed E-state index contributed by atoms with van der Waals surface area (Å²) in [4.78, 5) is 58.5. The molecule has 0 radical (unpaired) electrons. The second kappa shape index (κ2) is 11.2. The van der Waals surface area contributed by atoms with Gasteiger partial charge in [-0.3, -0.25) is 19.2 Å². The lowest BCUT2D eigenvalue weighted by molar-refractivity contribution is -0.252. The van der Waals surface area contributed by atoms with Crippen molar-refractivity contribution in [1.29, 1.82) is 0 Å². The summed E-state index contributed by atoms with van der Waals surface area (Å²) in [6.45, 7) is 4.49. The van der Waals surface area contributed by atoms with Crippen LogP contribution < -0.4 is 5.32 Å². The lowest BCUT2D eigenvalue weighted by Crippen LogP contribution is -2.54. The standard InChI is InChI=1S/C21H25NO10/c1-11(23)22-16-8-6-5-7-15(16)21(27)32-19-9-17(29-13(3)25)20(30-14(4)26)18(31-19)10-28-12(2)24/h5-8,17-20H,9-10H2,1-4H3,(H,22,23)/t17-,18-,19+,20+/m1/s1. The van der Waals surface area contributed by atoms with Crippen molar-refractivity contribution in [2.75, 3.05) is 11.9 Å². The summed E-state index contributed by atoms with van der Waals surface area (Å²) in [5.74, 6) is -3.11. The summed E-state index contributed by atoms with van der Waals surface area (Å²) in [6, 6.07) is 6.21. The Balaban J connectivity index is 2.24. The number of nitrogens with one attached hydrogen (secondary N) is 1. The molecule has 1 aliphatic heterocycles. The summed E-state index contributed by atoms with van der Waals surface area (Å²) >= 11 is 0. The minimum atomic E-state index is -1.22. The van der Waals surface area contributed by atoms with E-state index >= 15 is 0 Å². The first-order valence-electron chi connectivity index (χ1n) is 9.77. The van der Waals surface area contributed by atoms with Gasteiger partial charge in [-0.2, -0.15) is 0 Å². The molecule has 11 nitrogen and oxygen atoms in total. The average molecular weight is 451 g/mol. The molecule has 1 saturated heterocycles. The molecule has 0 unspecified atom stereocenters. The molecule has 1 heterocycles. The van der Waals surface area contributed by atoms with Gasteiger partial charge in [-0.05, 0) is 12.1 Å². The number of carbonyl (C=O) groups excluding carboxylic acids is 5. The predicted octanol–water partition coefficient (Wildman–Crippen LogP) is 1.34. The van der Waals surface area contributed by atoms with Crippen molar-refractivity contribution in [2.45, 2.75) is 58.7 Å². The van der Waals surface area contributed by atoms with Crippen molar-refractivity contribution in [3.8, 4) is 0 Å². The van der Waals surface area contributed by atoms with E-state index in [4.69, 9.17) is 23.7 Å². The Bertz CT molecular complexity index is 883. The van der Waals surface area contributed by atoms with Gasteiger partial charge in [0.15, 0.2) is 6.10 Å². The number of amides is 1. The van der Waals surface area contributed by atoms with Crippen LogP contribution in [0.2, 0.25) is 0 Å². The Morgan fingerprint density at radius 2 is 1.59 bits per heavy atom. The second-order valence-corrected chi connectivity index (χ2v) is 7.00. The van der Waals surface area contributed by atoms with E-state index in [0.29, 0.717) is 0 Å². The van der Waals surface area contributed by atoms with Crippen molar-refractivity contribution in [3.05, 3.63) is 29.8 Å². The van der Waals surface area contributed by atoms with Crippen LogP contribution in [0.25, 0.3) is 0 Å². The van der Waals surface area contributed by atoms with Crippen LogP contribution in [-0.2, 0) is 42.9 Å². The van der Waals surface area contributed by atoms with E-state index in [-0.39, 0.29) is 30.2 Å². The molecule has 11 heteroatoms. The second-order valence-electron chi connectivity index (χ2n) is 7.00. The normalized spacial score (nSPS) is 22.2. The lowest BCUT2D eigenvalue weighted by Gasteiger charge is -2.39. The number of para-hydroxylation sites is 1. The fourth-order valence-electron chi connectivity index (χ4n) is 3.12. The maximum absolute atomic E-state index is 12.7. The number of benzene rings is 1. The van der Waals surface area contributed by atoms with E-state index in [9.17, 15) is 24.0 Å². The summed E-state index contributed by atoms with van der Waals surface area (Å²) in [5.41, 5.74) is 0.320. The van der Waals surface area contributed by atoms with E-state index in [1.807, 2.05) is 0 Å². The molecule has 1 aromatic rings. The molecule has 0 aliphatic carbocycles. The number of esters is 4. The molecule has 2 rings (SSSR count). The van der Waals surface area contributed by atoms with Crippen molar-refractivity contribution in [1.82, 2.24) is 0 Å². The molecule has 1 fully saturated rings. The van der Waals surface area contributed by atoms with Crippen LogP contribution in [0.1, 0.15) is 44.5 Å². The van der Waals surface area contributed by atoms with Gasteiger partial charge in [0.25, 0.3) is 0 Å². The molecular weight excluding hydrogens is 426 g/mol. The van der Waals surface area contributed by atoms with Gasteiger partial charge < -0.3 is 29.0 Å². The first kappa shape index (κ1) is 24.8. The van der Waals surface area contributed by atoms with E-state index in [1.165, 1.54) is 39.8 Å². The third-order valence-corrected chi connectivity index (χ3v) is 4.25. The molecule has 0 spiro atoms. The minimum absolute atomic E-state index is 0.0778. The predicted molar refractivity (Wildman–Crippen MR) is 107 cm³/mol. The number of ether oxygens (including phenoxy) is 5. The zero-order valence-corrected chi connectivity index (χ0v) is 18.1. The number of anilines is 1. The van der Waals surface area contributed by atoms with Crippen LogP contribution >= 0.6 is 0 Å². The number of rotatable bonds is 7. The highest BCUT2D eigenvalue weighted by molar-refractivity contribution is 6.00. The molecule has 32 heavy (non-hydrogen) atoms. The molecule has 0 saturated carbocycles. The smallest absolute Gasteiger partial charge is 0.342 e. The molecule has 1 aliphatic rings. The maximum Gasteiger partial charge on any atom is 0.342 e.